The average molecular weight is 585 g/mol. The summed E-state index contributed by atoms with van der Waals surface area (Å²) in [5, 5.41) is 6.13. The van der Waals surface area contributed by atoms with Gasteiger partial charge in [-0.3, -0.25) is 0 Å². The summed E-state index contributed by atoms with van der Waals surface area (Å²) in [5.41, 5.74) is 2.15. The molecule has 0 fully saturated rings. The fourth-order valence-electron chi connectivity index (χ4n) is 3.44. The molecule has 2 N–H and O–H groups in total. The van der Waals surface area contributed by atoms with E-state index < -0.39 is 21.4 Å². The number of hydrogen-bond donors (Lipinski definition) is 2. The lowest BCUT2D eigenvalue weighted by Gasteiger charge is -2.15. The molecule has 0 spiro atoms. The van der Waals surface area contributed by atoms with E-state index in [1.807, 2.05) is 12.1 Å². The Morgan fingerprint density at radius 3 is 2.85 bits per heavy atom. The van der Waals surface area contributed by atoms with Gasteiger partial charge in [-0.2, -0.15) is 2.58 Å². The summed E-state index contributed by atoms with van der Waals surface area (Å²) in [6.07, 6.45) is 4.15. The molecular formula is C22H22F2IN5O2S. The van der Waals surface area contributed by atoms with Crippen LogP contribution >= 0.6 is 22.9 Å². The van der Waals surface area contributed by atoms with Gasteiger partial charge in [-0.15, -0.1) is 0 Å². The summed E-state index contributed by atoms with van der Waals surface area (Å²) in [6, 6.07) is 9.74. The third-order valence-corrected chi connectivity index (χ3v) is 8.60. The summed E-state index contributed by atoms with van der Waals surface area (Å²) in [6.45, 7) is 0.992. The highest BCUT2D eigenvalue weighted by molar-refractivity contribution is 14.1. The highest BCUT2D eigenvalue weighted by atomic mass is 127. The maximum absolute atomic E-state index is 14.6. The Kier molecular flexibility index (Phi) is 7.27. The molecule has 33 heavy (non-hydrogen) atoms. The lowest BCUT2D eigenvalue weighted by Crippen LogP contribution is -2.08. The van der Waals surface area contributed by atoms with E-state index in [4.69, 9.17) is 4.74 Å². The zero-order valence-electron chi connectivity index (χ0n) is 17.8. The normalized spacial score (nSPS) is 15.4. The third-order valence-electron chi connectivity index (χ3n) is 4.94. The standard InChI is InChI=1S/C22H22F2IN5O2S/c1-33(31,30-25)13-14-8-16-11-17(9-14)32-7-3-2-6-26-20-10-15(4-5-18(20)23)21-19(24)12-27-22(28-16)29-21/h4-5,8-12,26H,2-3,6-7,13H2,1H3,(H,27,28,29). The molecule has 1 aliphatic heterocycles. The topological polar surface area (TPSA) is 88.5 Å². The van der Waals surface area contributed by atoms with Gasteiger partial charge in [0.2, 0.25) is 5.95 Å². The molecule has 11 heteroatoms. The smallest absolute Gasteiger partial charge is 0.227 e. The summed E-state index contributed by atoms with van der Waals surface area (Å²) >= 11 is 1.76. The van der Waals surface area contributed by atoms with Crippen LogP contribution in [-0.4, -0.2) is 33.6 Å². The number of benzene rings is 2. The number of halogens is 3. The second-order valence-electron chi connectivity index (χ2n) is 7.73. The molecule has 1 aromatic heterocycles. The van der Waals surface area contributed by atoms with Gasteiger partial charge in [-0.1, -0.05) is 0 Å². The van der Waals surface area contributed by atoms with E-state index in [1.165, 1.54) is 18.2 Å². The number of nitrogens with one attached hydrogen (secondary N) is 2. The van der Waals surface area contributed by atoms with Gasteiger partial charge in [0.1, 0.15) is 17.3 Å². The van der Waals surface area contributed by atoms with E-state index in [9.17, 15) is 13.0 Å². The number of ether oxygens (including phenoxy) is 1. The highest BCUT2D eigenvalue weighted by Gasteiger charge is 2.14. The second-order valence-corrected chi connectivity index (χ2v) is 11.3. The summed E-state index contributed by atoms with van der Waals surface area (Å²) in [7, 11) is -2.39. The Morgan fingerprint density at radius 1 is 1.18 bits per heavy atom. The van der Waals surface area contributed by atoms with Gasteiger partial charge in [0.05, 0.1) is 56.8 Å². The Morgan fingerprint density at radius 2 is 2.03 bits per heavy atom. The van der Waals surface area contributed by atoms with Crippen LogP contribution in [-0.2, 0) is 15.5 Å². The molecule has 0 saturated heterocycles. The van der Waals surface area contributed by atoms with Crippen LogP contribution in [0.5, 0.6) is 5.75 Å². The number of fused-ring (bicyclic) bond motifs is 7. The molecule has 0 saturated carbocycles. The van der Waals surface area contributed by atoms with E-state index in [-0.39, 0.29) is 23.1 Å². The van der Waals surface area contributed by atoms with Crippen molar-refractivity contribution >= 4 is 49.9 Å². The average Bonchev–Trinajstić information content (AvgIpc) is 2.77. The zero-order valence-corrected chi connectivity index (χ0v) is 20.8. The van der Waals surface area contributed by atoms with Crippen LogP contribution in [0.2, 0.25) is 0 Å². The molecule has 4 rings (SSSR count). The van der Waals surface area contributed by atoms with Gasteiger partial charge in [-0.25, -0.2) is 23.0 Å². The molecule has 1 aliphatic rings. The van der Waals surface area contributed by atoms with Crippen molar-refractivity contribution in [2.75, 3.05) is 30.0 Å². The maximum Gasteiger partial charge on any atom is 0.227 e. The van der Waals surface area contributed by atoms with Crippen molar-refractivity contribution in [2.45, 2.75) is 18.6 Å². The molecule has 7 nitrogen and oxygen atoms in total. The fraction of sp³-hybridized carbons (Fsp3) is 0.273. The summed E-state index contributed by atoms with van der Waals surface area (Å²) in [5.74, 6) is -0.0308. The Bertz CT molecular complexity index is 1300. The molecule has 174 valence electrons. The van der Waals surface area contributed by atoms with Crippen LogP contribution in [0.15, 0.2) is 45.2 Å². The van der Waals surface area contributed by atoms with Gasteiger partial charge in [0, 0.05) is 30.1 Å². The largest absolute Gasteiger partial charge is 0.494 e. The lowest BCUT2D eigenvalue weighted by atomic mass is 10.1. The number of hydrogen-bond acceptors (Lipinski definition) is 7. The first-order valence-corrected chi connectivity index (χ1v) is 13.3. The minimum Gasteiger partial charge on any atom is -0.494 e. The minimum absolute atomic E-state index is 0.0514. The molecular weight excluding hydrogens is 563 g/mol. The van der Waals surface area contributed by atoms with Crippen LogP contribution in [0, 0.1) is 11.6 Å². The Labute approximate surface area is 205 Å². The van der Waals surface area contributed by atoms with Gasteiger partial charge < -0.3 is 15.4 Å². The first kappa shape index (κ1) is 23.6. The SMILES string of the molecule is CS(=O)(Cc1cc2cc(c1)OCCCCNc1cc(ccc1F)-c1nc(ncc1F)N2)=NI. The predicted octanol–water partition coefficient (Wildman–Crippen LogP) is 5.70. The molecule has 2 heterocycles. The third kappa shape index (κ3) is 6.08. The molecule has 1 unspecified atom stereocenters. The Balaban J connectivity index is 1.76. The van der Waals surface area contributed by atoms with Crippen LogP contribution in [0.3, 0.4) is 0 Å². The van der Waals surface area contributed by atoms with E-state index in [0.717, 1.165) is 24.6 Å². The number of anilines is 3. The van der Waals surface area contributed by atoms with Crippen molar-refractivity contribution < 1.29 is 17.7 Å². The van der Waals surface area contributed by atoms with Crippen LogP contribution in [0.1, 0.15) is 18.4 Å². The van der Waals surface area contributed by atoms with Crippen LogP contribution in [0.4, 0.5) is 26.1 Å². The van der Waals surface area contributed by atoms with Crippen LogP contribution < -0.4 is 15.4 Å². The quantitative estimate of drug-likeness (QED) is 0.376. The van der Waals surface area contributed by atoms with Crippen LogP contribution in [0.25, 0.3) is 11.3 Å². The number of aromatic nitrogens is 2. The van der Waals surface area contributed by atoms with E-state index in [0.29, 0.717) is 30.2 Å². The summed E-state index contributed by atoms with van der Waals surface area (Å²) < 4.78 is 51.2. The van der Waals surface area contributed by atoms with Gasteiger partial charge in [0.15, 0.2) is 5.82 Å². The lowest BCUT2D eigenvalue weighted by molar-refractivity contribution is 0.308. The first-order chi connectivity index (χ1) is 15.8. The van der Waals surface area contributed by atoms with E-state index in [1.54, 1.807) is 35.2 Å². The van der Waals surface area contributed by atoms with Gasteiger partial charge in [-0.05, 0) is 48.7 Å². The van der Waals surface area contributed by atoms with Crippen molar-refractivity contribution in [3.8, 4) is 17.0 Å². The fourth-order valence-corrected chi connectivity index (χ4v) is 4.69. The molecule has 1 atom stereocenters. The predicted molar refractivity (Wildman–Crippen MR) is 135 cm³/mol. The molecule has 0 aliphatic carbocycles. The van der Waals surface area contributed by atoms with Gasteiger partial charge >= 0.3 is 0 Å². The zero-order chi connectivity index (χ0) is 23.4. The van der Waals surface area contributed by atoms with E-state index in [2.05, 4.69) is 23.2 Å². The monoisotopic (exact) mass is 585 g/mol. The first-order valence-electron chi connectivity index (χ1n) is 10.2. The second kappa shape index (κ2) is 10.2. The maximum atomic E-state index is 14.6. The number of nitrogens with zero attached hydrogens (tertiary/aromatic N) is 3. The van der Waals surface area contributed by atoms with E-state index >= 15 is 0 Å². The van der Waals surface area contributed by atoms with Gasteiger partial charge in [0.25, 0.3) is 0 Å². The van der Waals surface area contributed by atoms with Crippen molar-refractivity contribution in [3.05, 3.63) is 59.8 Å². The minimum atomic E-state index is -2.39. The number of rotatable bonds is 2. The van der Waals surface area contributed by atoms with Crippen molar-refractivity contribution in [1.29, 1.82) is 0 Å². The highest BCUT2D eigenvalue weighted by Crippen LogP contribution is 2.29. The Hall–Kier alpha value is -2.54. The molecule has 6 bridgehead atoms. The molecule has 3 aromatic rings. The molecule has 0 radical (unpaired) electrons. The molecule has 2 aromatic carbocycles. The van der Waals surface area contributed by atoms with Crippen molar-refractivity contribution in [1.82, 2.24) is 9.97 Å². The van der Waals surface area contributed by atoms with Crippen molar-refractivity contribution in [3.63, 3.8) is 0 Å². The molecule has 0 amide bonds. The summed E-state index contributed by atoms with van der Waals surface area (Å²) in [4.78, 5) is 8.35. The van der Waals surface area contributed by atoms with Crippen molar-refractivity contribution in [2.24, 2.45) is 2.58 Å².